The van der Waals surface area contributed by atoms with Crippen molar-refractivity contribution in [2.24, 2.45) is 0 Å². The van der Waals surface area contributed by atoms with Gasteiger partial charge in [0.15, 0.2) is 0 Å². The second-order valence-electron chi connectivity index (χ2n) is 4.66. The molecule has 2 rings (SSSR count). The number of rotatable bonds is 6. The predicted octanol–water partition coefficient (Wildman–Crippen LogP) is 2.07. The molecule has 0 atom stereocenters. The maximum absolute atomic E-state index is 12.0. The van der Waals surface area contributed by atoms with Gasteiger partial charge in [-0.15, -0.1) is 0 Å². The van der Waals surface area contributed by atoms with Crippen molar-refractivity contribution < 1.29 is 4.79 Å². The quantitative estimate of drug-likeness (QED) is 0.709. The van der Waals surface area contributed by atoms with Gasteiger partial charge < -0.3 is 16.4 Å². The van der Waals surface area contributed by atoms with Crippen molar-refractivity contribution >= 4 is 17.3 Å². The number of benzene rings is 1. The number of aromatic nitrogens is 1. The summed E-state index contributed by atoms with van der Waals surface area (Å²) in [6, 6.07) is 11.1. The standard InChI is InChI=1S/C16H20N4O/c1-2-18-16(21)14-7-6-12(17)11-15(14)20-10-8-13-5-3-4-9-19-13/h3-7,9,11,20H,2,8,10,17H2,1H3,(H,18,21). The molecule has 0 radical (unpaired) electrons. The molecule has 0 spiro atoms. The van der Waals surface area contributed by atoms with Crippen molar-refractivity contribution in [3.63, 3.8) is 0 Å². The third-order valence-electron chi connectivity index (χ3n) is 3.05. The molecule has 4 N–H and O–H groups in total. The molecule has 1 aromatic carbocycles. The zero-order valence-electron chi connectivity index (χ0n) is 12.1. The molecule has 1 aromatic heterocycles. The van der Waals surface area contributed by atoms with E-state index in [4.69, 9.17) is 5.73 Å². The number of carbonyl (C=O) groups excluding carboxylic acids is 1. The highest BCUT2D eigenvalue weighted by molar-refractivity contribution is 6.00. The van der Waals surface area contributed by atoms with E-state index >= 15 is 0 Å². The summed E-state index contributed by atoms with van der Waals surface area (Å²) >= 11 is 0. The molecule has 2 aromatic rings. The van der Waals surface area contributed by atoms with Gasteiger partial charge in [0.1, 0.15) is 0 Å². The Morgan fingerprint density at radius 3 is 2.86 bits per heavy atom. The molecule has 5 heteroatoms. The number of nitrogens with two attached hydrogens (primary N) is 1. The smallest absolute Gasteiger partial charge is 0.253 e. The molecule has 0 aliphatic carbocycles. The number of hydrogen-bond acceptors (Lipinski definition) is 4. The summed E-state index contributed by atoms with van der Waals surface area (Å²) in [5, 5.41) is 6.06. The summed E-state index contributed by atoms with van der Waals surface area (Å²) in [5.41, 5.74) is 8.79. The molecule has 21 heavy (non-hydrogen) atoms. The van der Waals surface area contributed by atoms with Gasteiger partial charge in [-0.05, 0) is 37.3 Å². The monoisotopic (exact) mass is 284 g/mol. The van der Waals surface area contributed by atoms with E-state index in [0.717, 1.165) is 17.8 Å². The van der Waals surface area contributed by atoms with Crippen LogP contribution in [0, 0.1) is 0 Å². The first-order chi connectivity index (χ1) is 10.2. The van der Waals surface area contributed by atoms with E-state index < -0.39 is 0 Å². The normalized spacial score (nSPS) is 10.1. The molecule has 110 valence electrons. The van der Waals surface area contributed by atoms with Crippen molar-refractivity contribution in [1.82, 2.24) is 10.3 Å². The first-order valence-electron chi connectivity index (χ1n) is 7.02. The molecule has 0 fully saturated rings. The minimum absolute atomic E-state index is 0.0992. The lowest BCUT2D eigenvalue weighted by atomic mass is 10.1. The van der Waals surface area contributed by atoms with E-state index in [1.54, 1.807) is 24.4 Å². The van der Waals surface area contributed by atoms with Gasteiger partial charge in [0.05, 0.1) is 5.56 Å². The molecule has 0 unspecified atom stereocenters. The van der Waals surface area contributed by atoms with Crippen LogP contribution < -0.4 is 16.4 Å². The fourth-order valence-electron chi connectivity index (χ4n) is 2.03. The number of pyridine rings is 1. The largest absolute Gasteiger partial charge is 0.399 e. The first kappa shape index (κ1) is 14.8. The Morgan fingerprint density at radius 2 is 2.14 bits per heavy atom. The lowest BCUT2D eigenvalue weighted by molar-refractivity contribution is 0.0956. The summed E-state index contributed by atoms with van der Waals surface area (Å²) < 4.78 is 0. The Hall–Kier alpha value is -2.56. The molecule has 0 aliphatic rings. The molecule has 5 nitrogen and oxygen atoms in total. The van der Waals surface area contributed by atoms with Crippen LogP contribution in [0.2, 0.25) is 0 Å². The zero-order valence-corrected chi connectivity index (χ0v) is 12.1. The molecule has 0 saturated carbocycles. The van der Waals surface area contributed by atoms with Crippen LogP contribution in [0.1, 0.15) is 23.0 Å². The van der Waals surface area contributed by atoms with Crippen molar-refractivity contribution in [2.45, 2.75) is 13.3 Å². The van der Waals surface area contributed by atoms with Gasteiger partial charge in [0.2, 0.25) is 0 Å². The lowest BCUT2D eigenvalue weighted by Crippen LogP contribution is -2.24. The van der Waals surface area contributed by atoms with Gasteiger partial charge >= 0.3 is 0 Å². The van der Waals surface area contributed by atoms with Gasteiger partial charge in [-0.1, -0.05) is 6.07 Å². The Labute approximate surface area is 124 Å². The minimum Gasteiger partial charge on any atom is -0.399 e. The molecular formula is C16H20N4O. The number of carbonyl (C=O) groups is 1. The maximum Gasteiger partial charge on any atom is 0.253 e. The summed E-state index contributed by atoms with van der Waals surface area (Å²) in [6.45, 7) is 3.17. The van der Waals surface area contributed by atoms with Crippen LogP contribution in [0.5, 0.6) is 0 Å². The van der Waals surface area contributed by atoms with Crippen molar-refractivity contribution in [2.75, 3.05) is 24.1 Å². The second-order valence-corrected chi connectivity index (χ2v) is 4.66. The number of amides is 1. The molecule has 0 bridgehead atoms. The SMILES string of the molecule is CCNC(=O)c1ccc(N)cc1NCCc1ccccn1. The molecular weight excluding hydrogens is 264 g/mol. The van der Waals surface area contributed by atoms with Crippen molar-refractivity contribution in [1.29, 1.82) is 0 Å². The topological polar surface area (TPSA) is 80.0 Å². The van der Waals surface area contributed by atoms with Gasteiger partial charge in [-0.3, -0.25) is 9.78 Å². The van der Waals surface area contributed by atoms with Gasteiger partial charge in [-0.2, -0.15) is 0 Å². The van der Waals surface area contributed by atoms with Gasteiger partial charge in [-0.25, -0.2) is 0 Å². The van der Waals surface area contributed by atoms with Crippen LogP contribution >= 0.6 is 0 Å². The number of nitrogens with zero attached hydrogens (tertiary/aromatic N) is 1. The van der Waals surface area contributed by atoms with E-state index in [-0.39, 0.29) is 5.91 Å². The van der Waals surface area contributed by atoms with E-state index in [2.05, 4.69) is 15.6 Å². The van der Waals surface area contributed by atoms with E-state index in [9.17, 15) is 4.79 Å². The molecule has 1 heterocycles. The van der Waals surface area contributed by atoms with Crippen LogP contribution in [0.25, 0.3) is 0 Å². The minimum atomic E-state index is -0.0992. The van der Waals surface area contributed by atoms with Crippen molar-refractivity contribution in [3.8, 4) is 0 Å². The highest BCUT2D eigenvalue weighted by atomic mass is 16.1. The van der Waals surface area contributed by atoms with Crippen LogP contribution in [0.15, 0.2) is 42.6 Å². The number of nitrogen functional groups attached to an aromatic ring is 1. The van der Waals surface area contributed by atoms with Crippen LogP contribution in [0.4, 0.5) is 11.4 Å². The van der Waals surface area contributed by atoms with Crippen molar-refractivity contribution in [3.05, 3.63) is 53.9 Å². The van der Waals surface area contributed by atoms with Crippen LogP contribution in [-0.2, 0) is 6.42 Å². The summed E-state index contributed by atoms with van der Waals surface area (Å²) in [5.74, 6) is -0.0992. The fraction of sp³-hybridized carbons (Fsp3) is 0.250. The summed E-state index contributed by atoms with van der Waals surface area (Å²) in [7, 11) is 0. The highest BCUT2D eigenvalue weighted by Crippen LogP contribution is 2.19. The summed E-state index contributed by atoms with van der Waals surface area (Å²) in [6.07, 6.45) is 2.56. The highest BCUT2D eigenvalue weighted by Gasteiger charge is 2.10. The molecule has 0 aliphatic heterocycles. The number of anilines is 2. The Kier molecular flexibility index (Phi) is 5.15. The Balaban J connectivity index is 2.04. The van der Waals surface area contributed by atoms with E-state index in [1.807, 2.05) is 25.1 Å². The second kappa shape index (κ2) is 7.28. The van der Waals surface area contributed by atoms with E-state index in [0.29, 0.717) is 24.3 Å². The predicted molar refractivity (Wildman–Crippen MR) is 85.3 cm³/mol. The third kappa shape index (κ3) is 4.21. The number of nitrogens with one attached hydrogen (secondary N) is 2. The third-order valence-corrected chi connectivity index (χ3v) is 3.05. The van der Waals surface area contributed by atoms with Gasteiger partial charge in [0, 0.05) is 42.8 Å². The Morgan fingerprint density at radius 1 is 1.29 bits per heavy atom. The van der Waals surface area contributed by atoms with E-state index in [1.165, 1.54) is 0 Å². The first-order valence-corrected chi connectivity index (χ1v) is 7.02. The maximum atomic E-state index is 12.0. The summed E-state index contributed by atoms with van der Waals surface area (Å²) in [4.78, 5) is 16.3. The zero-order chi connectivity index (χ0) is 15.1. The Bertz CT molecular complexity index is 598. The van der Waals surface area contributed by atoms with Gasteiger partial charge in [0.25, 0.3) is 5.91 Å². The average molecular weight is 284 g/mol. The average Bonchev–Trinajstić information content (AvgIpc) is 2.49. The molecule has 0 saturated heterocycles. The number of hydrogen-bond donors (Lipinski definition) is 3. The molecule has 1 amide bonds. The van der Waals surface area contributed by atoms with Crippen LogP contribution in [-0.4, -0.2) is 24.0 Å². The lowest BCUT2D eigenvalue weighted by Gasteiger charge is -2.12. The van der Waals surface area contributed by atoms with Crippen LogP contribution in [0.3, 0.4) is 0 Å². The fourth-order valence-corrected chi connectivity index (χ4v) is 2.03.